The molecule has 2 aromatic rings. The van der Waals surface area contributed by atoms with Gasteiger partial charge in [0.25, 0.3) is 0 Å². The van der Waals surface area contributed by atoms with Crippen LogP contribution in [0.15, 0.2) is 22.9 Å². The van der Waals surface area contributed by atoms with Crippen molar-refractivity contribution in [1.82, 2.24) is 10.3 Å². The van der Waals surface area contributed by atoms with Gasteiger partial charge in [0.05, 0.1) is 17.0 Å². The molecule has 1 saturated carbocycles. The average Bonchev–Trinajstić information content (AvgIpc) is 3.19. The molecule has 0 spiro atoms. The lowest BCUT2D eigenvalue weighted by molar-refractivity contribution is -0.121. The number of carbonyl (C=O) groups excluding carboxylic acids is 1. The lowest BCUT2D eigenvalue weighted by atomic mass is 10.0. The molecule has 1 fully saturated rings. The fourth-order valence-corrected chi connectivity index (χ4v) is 4.47. The Morgan fingerprint density at radius 2 is 2.33 bits per heavy atom. The summed E-state index contributed by atoms with van der Waals surface area (Å²) in [7, 11) is 0. The number of hydrogen-bond donors (Lipinski definition) is 2. The molecule has 0 radical (unpaired) electrons. The third kappa shape index (κ3) is 3.51. The van der Waals surface area contributed by atoms with E-state index in [0.29, 0.717) is 18.9 Å². The highest BCUT2D eigenvalue weighted by Crippen LogP contribution is 2.28. The Morgan fingerprint density at radius 3 is 3.10 bits per heavy atom. The van der Waals surface area contributed by atoms with Crippen LogP contribution >= 0.6 is 22.7 Å². The van der Waals surface area contributed by atoms with Gasteiger partial charge in [-0.2, -0.15) is 0 Å². The number of rotatable bonds is 5. The zero-order valence-electron chi connectivity index (χ0n) is 11.7. The summed E-state index contributed by atoms with van der Waals surface area (Å²) < 4.78 is 0. The van der Waals surface area contributed by atoms with E-state index in [-0.39, 0.29) is 11.9 Å². The number of aromatic nitrogens is 1. The van der Waals surface area contributed by atoms with E-state index >= 15 is 0 Å². The van der Waals surface area contributed by atoms with Gasteiger partial charge in [-0.1, -0.05) is 12.5 Å². The van der Waals surface area contributed by atoms with Crippen LogP contribution in [0.1, 0.15) is 25.0 Å². The molecule has 0 aromatic carbocycles. The normalized spacial score (nSPS) is 21.6. The number of hydrogen-bond acceptors (Lipinski definition) is 5. The van der Waals surface area contributed by atoms with Crippen LogP contribution < -0.4 is 11.1 Å². The highest BCUT2D eigenvalue weighted by molar-refractivity contribution is 7.20. The van der Waals surface area contributed by atoms with Crippen molar-refractivity contribution < 1.29 is 4.79 Å². The number of nitrogens with one attached hydrogen (secondary N) is 1. The molecule has 1 aliphatic carbocycles. The van der Waals surface area contributed by atoms with Crippen molar-refractivity contribution in [3.05, 3.63) is 28.6 Å². The van der Waals surface area contributed by atoms with Gasteiger partial charge in [-0.3, -0.25) is 4.79 Å². The van der Waals surface area contributed by atoms with Crippen LogP contribution in [0, 0.1) is 5.92 Å². The fourth-order valence-electron chi connectivity index (χ4n) is 2.83. The maximum absolute atomic E-state index is 12.1. The second kappa shape index (κ2) is 6.68. The first kappa shape index (κ1) is 14.7. The first-order valence-electron chi connectivity index (χ1n) is 7.24. The Balaban J connectivity index is 1.58. The molecular weight excluding hydrogens is 302 g/mol. The zero-order valence-corrected chi connectivity index (χ0v) is 13.4. The van der Waals surface area contributed by atoms with Gasteiger partial charge < -0.3 is 11.1 Å². The van der Waals surface area contributed by atoms with Crippen LogP contribution in [-0.2, 0) is 11.2 Å². The summed E-state index contributed by atoms with van der Waals surface area (Å²) in [4.78, 5) is 17.8. The molecule has 0 saturated heterocycles. The maximum Gasteiger partial charge on any atom is 0.226 e. The first-order valence-corrected chi connectivity index (χ1v) is 9.00. The molecule has 4 nitrogen and oxygen atoms in total. The van der Waals surface area contributed by atoms with Crippen molar-refractivity contribution in [3.63, 3.8) is 0 Å². The van der Waals surface area contributed by atoms with E-state index < -0.39 is 0 Å². The Morgan fingerprint density at radius 1 is 1.43 bits per heavy atom. The van der Waals surface area contributed by atoms with Crippen molar-refractivity contribution in [3.8, 4) is 9.88 Å². The summed E-state index contributed by atoms with van der Waals surface area (Å²) in [5.41, 5.74) is 6.60. The standard InChI is InChI=1S/C15H19N3OS2/c16-8-10-3-1-4-12(10)18-14(19)7-11-9-21-15(17-11)13-5-2-6-20-13/h2,5-6,9-10,12H,1,3-4,7-8,16H2,(H,18,19). The van der Waals surface area contributed by atoms with Crippen molar-refractivity contribution >= 4 is 28.6 Å². The van der Waals surface area contributed by atoms with Crippen LogP contribution in [0.4, 0.5) is 0 Å². The van der Waals surface area contributed by atoms with Gasteiger partial charge in [0.1, 0.15) is 5.01 Å². The lowest BCUT2D eigenvalue weighted by Gasteiger charge is -2.19. The second-order valence-corrected chi connectivity index (χ2v) is 7.20. The van der Waals surface area contributed by atoms with Gasteiger partial charge in [0, 0.05) is 11.4 Å². The van der Waals surface area contributed by atoms with E-state index in [1.54, 1.807) is 22.7 Å². The molecule has 1 aliphatic rings. The van der Waals surface area contributed by atoms with E-state index in [0.717, 1.165) is 34.8 Å². The molecule has 112 valence electrons. The molecule has 21 heavy (non-hydrogen) atoms. The lowest BCUT2D eigenvalue weighted by Crippen LogP contribution is -2.40. The molecule has 6 heteroatoms. The summed E-state index contributed by atoms with van der Waals surface area (Å²) in [5, 5.41) is 8.13. The second-order valence-electron chi connectivity index (χ2n) is 5.40. The monoisotopic (exact) mass is 321 g/mol. The van der Waals surface area contributed by atoms with Crippen molar-refractivity contribution in [2.75, 3.05) is 6.54 Å². The van der Waals surface area contributed by atoms with Crippen molar-refractivity contribution in [1.29, 1.82) is 0 Å². The molecule has 1 amide bonds. The number of thiophene rings is 1. The SMILES string of the molecule is NCC1CCCC1NC(=O)Cc1csc(-c2cccs2)n1. The number of amides is 1. The summed E-state index contributed by atoms with van der Waals surface area (Å²) in [6.45, 7) is 0.657. The predicted molar refractivity (Wildman–Crippen MR) is 87.5 cm³/mol. The number of nitrogens with two attached hydrogens (primary N) is 1. The molecule has 2 unspecified atom stereocenters. The van der Waals surface area contributed by atoms with Crippen molar-refractivity contribution in [2.45, 2.75) is 31.7 Å². The Labute approximate surface area is 132 Å². The molecule has 2 atom stereocenters. The smallest absolute Gasteiger partial charge is 0.226 e. The quantitative estimate of drug-likeness (QED) is 0.889. The third-order valence-electron chi connectivity index (χ3n) is 3.93. The average molecular weight is 321 g/mol. The summed E-state index contributed by atoms with van der Waals surface area (Å²) in [6.07, 6.45) is 3.69. The van der Waals surface area contributed by atoms with E-state index in [4.69, 9.17) is 5.73 Å². The predicted octanol–water partition coefficient (Wildman–Crippen LogP) is 2.66. The molecule has 0 bridgehead atoms. The number of carbonyl (C=O) groups is 1. The molecule has 2 heterocycles. The first-order chi connectivity index (χ1) is 10.3. The topological polar surface area (TPSA) is 68.0 Å². The van der Waals surface area contributed by atoms with Gasteiger partial charge in [-0.25, -0.2) is 4.98 Å². The third-order valence-corrected chi connectivity index (χ3v) is 5.86. The highest BCUT2D eigenvalue weighted by Gasteiger charge is 2.27. The van der Waals surface area contributed by atoms with Crippen LogP contribution in [0.2, 0.25) is 0 Å². The molecule has 2 aromatic heterocycles. The molecule has 3 N–H and O–H groups in total. The zero-order chi connectivity index (χ0) is 14.7. The Bertz CT molecular complexity index is 594. The van der Waals surface area contributed by atoms with Gasteiger partial charge in [-0.15, -0.1) is 22.7 Å². The van der Waals surface area contributed by atoms with E-state index in [1.165, 1.54) is 0 Å². The fraction of sp³-hybridized carbons (Fsp3) is 0.467. The van der Waals surface area contributed by atoms with Crippen LogP contribution in [0.5, 0.6) is 0 Å². The number of nitrogens with zero attached hydrogens (tertiary/aromatic N) is 1. The molecular formula is C15H19N3OS2. The van der Waals surface area contributed by atoms with Gasteiger partial charge in [0.15, 0.2) is 0 Å². The maximum atomic E-state index is 12.1. The molecule has 0 aliphatic heterocycles. The summed E-state index contributed by atoms with van der Waals surface area (Å²) in [6, 6.07) is 4.32. The Kier molecular flexibility index (Phi) is 4.67. The van der Waals surface area contributed by atoms with Crippen LogP contribution in [0.25, 0.3) is 9.88 Å². The van der Waals surface area contributed by atoms with Gasteiger partial charge in [-0.05, 0) is 36.8 Å². The minimum atomic E-state index is 0.0587. The van der Waals surface area contributed by atoms with E-state index in [9.17, 15) is 4.79 Å². The van der Waals surface area contributed by atoms with Crippen LogP contribution in [0.3, 0.4) is 0 Å². The van der Waals surface area contributed by atoms with Gasteiger partial charge >= 0.3 is 0 Å². The van der Waals surface area contributed by atoms with Crippen molar-refractivity contribution in [2.24, 2.45) is 11.7 Å². The summed E-state index contributed by atoms with van der Waals surface area (Å²) >= 11 is 3.27. The van der Waals surface area contributed by atoms with Crippen LogP contribution in [-0.4, -0.2) is 23.5 Å². The minimum Gasteiger partial charge on any atom is -0.353 e. The Hall–Kier alpha value is -1.24. The highest BCUT2D eigenvalue weighted by atomic mass is 32.1. The van der Waals surface area contributed by atoms with Gasteiger partial charge in [0.2, 0.25) is 5.91 Å². The van der Waals surface area contributed by atoms with E-state index in [1.807, 2.05) is 16.8 Å². The minimum absolute atomic E-state index is 0.0587. The summed E-state index contributed by atoms with van der Waals surface area (Å²) in [5.74, 6) is 0.495. The number of thiazole rings is 1. The largest absolute Gasteiger partial charge is 0.353 e. The molecule has 3 rings (SSSR count). The van der Waals surface area contributed by atoms with E-state index in [2.05, 4.69) is 16.4 Å².